The molecular weight excluding hydrogens is 350 g/mol. The molecule has 1 aromatic carbocycles. The zero-order valence-corrected chi connectivity index (χ0v) is 13.6. The van der Waals surface area contributed by atoms with Crippen LogP contribution in [0, 0.1) is 0 Å². The summed E-state index contributed by atoms with van der Waals surface area (Å²) in [6.07, 6.45) is 0. The predicted molar refractivity (Wildman–Crippen MR) is 85.5 cm³/mol. The molecule has 0 aliphatic heterocycles. The van der Waals surface area contributed by atoms with Crippen molar-refractivity contribution in [2.75, 3.05) is 4.72 Å². The molecule has 0 aliphatic carbocycles. The van der Waals surface area contributed by atoms with Crippen molar-refractivity contribution in [3.05, 3.63) is 46.8 Å². The zero-order chi connectivity index (χ0) is 14.9. The van der Waals surface area contributed by atoms with Crippen molar-refractivity contribution in [1.29, 1.82) is 0 Å². The summed E-state index contributed by atoms with van der Waals surface area (Å²) in [7, 11) is -3.67. The molecule has 0 amide bonds. The topological polar surface area (TPSA) is 72.0 Å². The summed E-state index contributed by atoms with van der Waals surface area (Å²) >= 11 is 7.74. The SMILES string of the molecule is O=S(=O)(Nc1nc(-c2ccccc2)ns1)c1ccc(Cl)s1. The van der Waals surface area contributed by atoms with Gasteiger partial charge < -0.3 is 0 Å². The van der Waals surface area contributed by atoms with E-state index in [1.165, 1.54) is 12.1 Å². The van der Waals surface area contributed by atoms with Crippen molar-refractivity contribution >= 4 is 49.6 Å². The van der Waals surface area contributed by atoms with Crippen LogP contribution in [0.15, 0.2) is 46.7 Å². The number of anilines is 1. The highest BCUT2D eigenvalue weighted by atomic mass is 35.5. The molecule has 3 aromatic rings. The van der Waals surface area contributed by atoms with Crippen LogP contribution in [0.25, 0.3) is 11.4 Å². The molecule has 0 unspecified atom stereocenters. The molecule has 0 aliphatic rings. The van der Waals surface area contributed by atoms with Gasteiger partial charge in [-0.15, -0.1) is 11.3 Å². The van der Waals surface area contributed by atoms with E-state index in [1.54, 1.807) is 0 Å². The van der Waals surface area contributed by atoms with Crippen LogP contribution in [0.1, 0.15) is 0 Å². The summed E-state index contributed by atoms with van der Waals surface area (Å²) in [5.41, 5.74) is 0.832. The Bertz CT molecular complexity index is 859. The molecule has 0 radical (unpaired) electrons. The highest BCUT2D eigenvalue weighted by molar-refractivity contribution is 7.94. The molecule has 0 saturated carbocycles. The second-order valence-corrected chi connectivity index (χ2v) is 8.33. The first-order valence-electron chi connectivity index (χ1n) is 5.72. The standard InChI is InChI=1S/C12H8ClN3O2S3/c13-9-6-7-10(19-9)21(17,18)16-12-14-11(15-20-12)8-4-2-1-3-5-8/h1-7H,(H,14,15,16). The maximum atomic E-state index is 12.1. The molecule has 0 bridgehead atoms. The van der Waals surface area contributed by atoms with Crippen LogP contribution in [-0.2, 0) is 10.0 Å². The number of thiophene rings is 1. The van der Waals surface area contributed by atoms with E-state index in [2.05, 4.69) is 14.1 Å². The number of sulfonamides is 1. The van der Waals surface area contributed by atoms with Gasteiger partial charge in [0.05, 0.1) is 4.34 Å². The van der Waals surface area contributed by atoms with Gasteiger partial charge in [0.25, 0.3) is 10.0 Å². The number of nitrogens with zero attached hydrogens (tertiary/aromatic N) is 2. The maximum absolute atomic E-state index is 12.1. The minimum atomic E-state index is -3.67. The second-order valence-electron chi connectivity index (χ2n) is 3.95. The Morgan fingerprint density at radius 1 is 1.10 bits per heavy atom. The highest BCUT2D eigenvalue weighted by Gasteiger charge is 2.19. The second kappa shape index (κ2) is 5.72. The fourth-order valence-corrected chi connectivity index (χ4v) is 4.87. The van der Waals surface area contributed by atoms with Crippen LogP contribution in [0.4, 0.5) is 5.13 Å². The van der Waals surface area contributed by atoms with E-state index in [1.807, 2.05) is 30.3 Å². The van der Waals surface area contributed by atoms with Gasteiger partial charge in [-0.25, -0.2) is 8.42 Å². The Labute approximate surface area is 134 Å². The van der Waals surface area contributed by atoms with Crippen molar-refractivity contribution in [2.24, 2.45) is 0 Å². The molecule has 0 atom stereocenters. The third-order valence-corrected chi connectivity index (χ3v) is 6.31. The van der Waals surface area contributed by atoms with Gasteiger partial charge in [-0.05, 0) is 12.1 Å². The summed E-state index contributed by atoms with van der Waals surface area (Å²) in [6.45, 7) is 0. The number of hydrogen-bond acceptors (Lipinski definition) is 6. The Balaban J connectivity index is 1.85. The van der Waals surface area contributed by atoms with Gasteiger partial charge in [0.15, 0.2) is 5.82 Å². The van der Waals surface area contributed by atoms with Crippen molar-refractivity contribution in [3.63, 3.8) is 0 Å². The van der Waals surface area contributed by atoms with Crippen LogP contribution in [0.3, 0.4) is 0 Å². The minimum Gasteiger partial charge on any atom is -0.253 e. The van der Waals surface area contributed by atoms with Crippen molar-refractivity contribution < 1.29 is 8.42 Å². The molecule has 0 spiro atoms. The number of hydrogen-bond donors (Lipinski definition) is 1. The van der Waals surface area contributed by atoms with E-state index in [0.717, 1.165) is 28.4 Å². The molecule has 3 rings (SSSR count). The Hall–Kier alpha value is -1.48. The lowest BCUT2D eigenvalue weighted by Crippen LogP contribution is -2.11. The first-order chi connectivity index (χ1) is 10.0. The van der Waals surface area contributed by atoms with Gasteiger partial charge in [0.2, 0.25) is 5.13 Å². The minimum absolute atomic E-state index is 0.143. The number of rotatable bonds is 4. The lowest BCUT2D eigenvalue weighted by atomic mass is 10.2. The van der Waals surface area contributed by atoms with Crippen molar-refractivity contribution in [3.8, 4) is 11.4 Å². The average Bonchev–Trinajstić information content (AvgIpc) is 3.09. The molecule has 21 heavy (non-hydrogen) atoms. The molecule has 9 heteroatoms. The van der Waals surface area contributed by atoms with Gasteiger partial charge in [-0.2, -0.15) is 9.36 Å². The number of benzene rings is 1. The van der Waals surface area contributed by atoms with Gasteiger partial charge >= 0.3 is 0 Å². The maximum Gasteiger partial charge on any atom is 0.273 e. The van der Waals surface area contributed by atoms with Crippen LogP contribution in [-0.4, -0.2) is 17.8 Å². The molecule has 5 nitrogen and oxygen atoms in total. The largest absolute Gasteiger partial charge is 0.273 e. The lowest BCUT2D eigenvalue weighted by molar-refractivity contribution is 0.603. The van der Waals surface area contributed by atoms with Crippen LogP contribution in [0.5, 0.6) is 0 Å². The highest BCUT2D eigenvalue weighted by Crippen LogP contribution is 2.28. The molecule has 1 N–H and O–H groups in total. The van der Waals surface area contributed by atoms with Gasteiger partial charge in [0.1, 0.15) is 4.21 Å². The fraction of sp³-hybridized carbons (Fsp3) is 0. The predicted octanol–water partition coefficient (Wildman–Crippen LogP) is 3.72. The van der Waals surface area contributed by atoms with Crippen LogP contribution in [0.2, 0.25) is 4.34 Å². The molecule has 2 aromatic heterocycles. The third-order valence-electron chi connectivity index (χ3n) is 2.49. The quantitative estimate of drug-likeness (QED) is 0.772. The van der Waals surface area contributed by atoms with Gasteiger partial charge in [0, 0.05) is 17.1 Å². The first-order valence-corrected chi connectivity index (χ1v) is 9.17. The van der Waals surface area contributed by atoms with Crippen molar-refractivity contribution in [2.45, 2.75) is 4.21 Å². The van der Waals surface area contributed by atoms with Crippen molar-refractivity contribution in [1.82, 2.24) is 9.36 Å². The van der Waals surface area contributed by atoms with E-state index in [0.29, 0.717) is 10.2 Å². The smallest absolute Gasteiger partial charge is 0.253 e. The monoisotopic (exact) mass is 357 g/mol. The van der Waals surface area contributed by atoms with Gasteiger partial charge in [-0.3, -0.25) is 4.72 Å². The van der Waals surface area contributed by atoms with E-state index < -0.39 is 10.0 Å². The Kier molecular flexibility index (Phi) is 3.94. The average molecular weight is 358 g/mol. The number of nitrogens with one attached hydrogen (secondary N) is 1. The van der Waals surface area contributed by atoms with E-state index in [-0.39, 0.29) is 9.34 Å². The Morgan fingerprint density at radius 3 is 2.52 bits per heavy atom. The van der Waals surface area contributed by atoms with E-state index in [9.17, 15) is 8.42 Å². The third kappa shape index (κ3) is 3.24. The summed E-state index contributed by atoms with van der Waals surface area (Å²) in [5, 5.41) is 0.221. The normalized spacial score (nSPS) is 11.5. The van der Waals surface area contributed by atoms with Gasteiger partial charge in [-0.1, -0.05) is 41.9 Å². The summed E-state index contributed by atoms with van der Waals surface area (Å²) in [6, 6.07) is 12.3. The molecule has 0 fully saturated rings. The molecule has 2 heterocycles. The fourth-order valence-electron chi connectivity index (χ4n) is 1.58. The van der Waals surface area contributed by atoms with Crippen LogP contribution >= 0.6 is 34.5 Å². The molecule has 108 valence electrons. The molecular formula is C12H8ClN3O2S3. The number of aromatic nitrogens is 2. The first kappa shape index (κ1) is 14.5. The lowest BCUT2D eigenvalue weighted by Gasteiger charge is -2.00. The Morgan fingerprint density at radius 2 is 1.86 bits per heavy atom. The van der Waals surface area contributed by atoms with E-state index in [4.69, 9.17) is 11.6 Å². The van der Waals surface area contributed by atoms with E-state index >= 15 is 0 Å². The summed E-state index contributed by atoms with van der Waals surface area (Å²) < 4.78 is 31.4. The van der Waals surface area contributed by atoms with Crippen LogP contribution < -0.4 is 4.72 Å². The molecule has 0 saturated heterocycles. The summed E-state index contributed by atoms with van der Waals surface area (Å²) in [4.78, 5) is 4.19. The zero-order valence-electron chi connectivity index (χ0n) is 10.4. The number of halogens is 1. The summed E-state index contributed by atoms with van der Waals surface area (Å²) in [5.74, 6) is 0.488.